The molecule has 2 aliphatic rings. The van der Waals surface area contributed by atoms with Crippen LogP contribution in [0.25, 0.3) is 0 Å². The molecule has 1 aliphatic carbocycles. The van der Waals surface area contributed by atoms with Crippen LogP contribution in [-0.4, -0.2) is 11.9 Å². The van der Waals surface area contributed by atoms with Gasteiger partial charge < -0.3 is 4.90 Å². The van der Waals surface area contributed by atoms with Crippen LogP contribution < -0.4 is 4.90 Å². The third kappa shape index (κ3) is 1.16. The van der Waals surface area contributed by atoms with Crippen LogP contribution >= 0.6 is 11.8 Å². The Kier molecular flexibility index (Phi) is 1.76. The molecule has 0 spiro atoms. The molecule has 0 bridgehead atoms. The van der Waals surface area contributed by atoms with Gasteiger partial charge in [0.25, 0.3) is 0 Å². The number of fused-ring (bicyclic) bond motifs is 1. The molecular weight excluding hydrogens is 178 g/mol. The second-order valence-electron chi connectivity index (χ2n) is 3.80. The quantitative estimate of drug-likeness (QED) is 0.671. The van der Waals surface area contributed by atoms with E-state index in [1.807, 2.05) is 11.8 Å². The largest absolute Gasteiger partial charge is 0.358 e. The lowest BCUT2D eigenvalue weighted by Gasteiger charge is -2.36. The maximum atomic E-state index is 2.57. The summed E-state index contributed by atoms with van der Waals surface area (Å²) < 4.78 is 0. The lowest BCUT2D eigenvalue weighted by Crippen LogP contribution is -2.38. The average Bonchev–Trinajstić information content (AvgIpc) is 2.47. The Balaban J connectivity index is 1.93. The van der Waals surface area contributed by atoms with Gasteiger partial charge in [-0.2, -0.15) is 0 Å². The van der Waals surface area contributed by atoms with Gasteiger partial charge in [0.05, 0.1) is 11.6 Å². The van der Waals surface area contributed by atoms with Gasteiger partial charge in [0.2, 0.25) is 0 Å². The minimum absolute atomic E-state index is 0.844. The highest BCUT2D eigenvalue weighted by Crippen LogP contribution is 2.42. The van der Waals surface area contributed by atoms with E-state index in [9.17, 15) is 0 Å². The topological polar surface area (TPSA) is 3.24 Å². The lowest BCUT2D eigenvalue weighted by atomic mass is 9.91. The molecule has 1 heterocycles. The second kappa shape index (κ2) is 2.95. The second-order valence-corrected chi connectivity index (χ2v) is 4.78. The molecule has 0 radical (unpaired) electrons. The van der Waals surface area contributed by atoms with Gasteiger partial charge in [-0.05, 0) is 31.4 Å². The van der Waals surface area contributed by atoms with Crippen LogP contribution in [0.1, 0.15) is 19.3 Å². The predicted molar refractivity (Wildman–Crippen MR) is 57.3 cm³/mol. The number of anilines is 1. The summed E-state index contributed by atoms with van der Waals surface area (Å²) in [7, 11) is 0. The fourth-order valence-electron chi connectivity index (χ4n) is 2.03. The summed E-state index contributed by atoms with van der Waals surface area (Å²) in [4.78, 5) is 4.04. The number of para-hydroxylation sites is 1. The van der Waals surface area contributed by atoms with Crippen molar-refractivity contribution in [3.8, 4) is 0 Å². The molecule has 0 aromatic heterocycles. The van der Waals surface area contributed by atoms with Crippen molar-refractivity contribution in [3.63, 3.8) is 0 Å². The van der Waals surface area contributed by atoms with Crippen LogP contribution in [0.4, 0.5) is 5.69 Å². The molecule has 1 aliphatic heterocycles. The highest BCUT2D eigenvalue weighted by molar-refractivity contribution is 7.99. The van der Waals surface area contributed by atoms with Crippen LogP contribution in [0.5, 0.6) is 0 Å². The van der Waals surface area contributed by atoms with E-state index in [0.29, 0.717) is 0 Å². The van der Waals surface area contributed by atoms with Crippen LogP contribution in [0, 0.1) is 0 Å². The van der Waals surface area contributed by atoms with Crippen molar-refractivity contribution in [1.29, 1.82) is 0 Å². The maximum absolute atomic E-state index is 2.57. The molecule has 1 nitrogen and oxygen atoms in total. The van der Waals surface area contributed by atoms with Crippen molar-refractivity contribution in [3.05, 3.63) is 24.3 Å². The number of hydrogen-bond donors (Lipinski definition) is 0. The zero-order chi connectivity index (χ0) is 8.67. The smallest absolute Gasteiger partial charge is 0.0690 e. The summed E-state index contributed by atoms with van der Waals surface area (Å²) in [5.74, 6) is 1.17. The molecule has 68 valence electrons. The molecule has 0 amide bonds. The van der Waals surface area contributed by atoms with Gasteiger partial charge in [-0.1, -0.05) is 12.1 Å². The predicted octanol–water partition coefficient (Wildman–Crippen LogP) is 3.11. The summed E-state index contributed by atoms with van der Waals surface area (Å²) in [5, 5.41) is 0. The van der Waals surface area contributed by atoms with E-state index >= 15 is 0 Å². The molecule has 3 rings (SSSR count). The van der Waals surface area contributed by atoms with Crippen molar-refractivity contribution in [2.75, 3.05) is 10.8 Å². The Labute approximate surface area is 83.1 Å². The van der Waals surface area contributed by atoms with Gasteiger partial charge in [-0.3, -0.25) is 0 Å². The number of hydrogen-bond acceptors (Lipinski definition) is 2. The fourth-order valence-corrected chi connectivity index (χ4v) is 3.16. The average molecular weight is 191 g/mol. The van der Waals surface area contributed by atoms with Crippen LogP contribution in [0.3, 0.4) is 0 Å². The number of nitrogens with zero attached hydrogens (tertiary/aromatic N) is 1. The van der Waals surface area contributed by atoms with Crippen molar-refractivity contribution < 1.29 is 0 Å². The minimum atomic E-state index is 0.844. The van der Waals surface area contributed by atoms with Gasteiger partial charge in [-0.25, -0.2) is 0 Å². The first kappa shape index (κ1) is 7.74. The van der Waals surface area contributed by atoms with Crippen LogP contribution in [-0.2, 0) is 0 Å². The van der Waals surface area contributed by atoms with E-state index in [2.05, 4.69) is 29.2 Å². The summed E-state index contributed by atoms with van der Waals surface area (Å²) in [6.07, 6.45) is 4.22. The maximum Gasteiger partial charge on any atom is 0.0690 e. The van der Waals surface area contributed by atoms with Gasteiger partial charge in [0.15, 0.2) is 0 Å². The Bertz CT molecular complexity index is 320. The van der Waals surface area contributed by atoms with E-state index in [0.717, 1.165) is 6.04 Å². The SMILES string of the molecule is c1ccc2c(c1)SCN2C1CCC1. The first-order chi connectivity index (χ1) is 6.45. The molecule has 1 aromatic carbocycles. The zero-order valence-corrected chi connectivity index (χ0v) is 8.39. The van der Waals surface area contributed by atoms with Gasteiger partial charge >= 0.3 is 0 Å². The number of benzene rings is 1. The number of rotatable bonds is 1. The van der Waals surface area contributed by atoms with E-state index in [-0.39, 0.29) is 0 Å². The Morgan fingerprint density at radius 1 is 1.23 bits per heavy atom. The Hall–Kier alpha value is -0.630. The van der Waals surface area contributed by atoms with Crippen molar-refractivity contribution in [1.82, 2.24) is 0 Å². The molecule has 0 N–H and O–H groups in total. The number of thioether (sulfide) groups is 1. The monoisotopic (exact) mass is 191 g/mol. The molecule has 1 aromatic rings. The van der Waals surface area contributed by atoms with E-state index in [4.69, 9.17) is 0 Å². The Morgan fingerprint density at radius 2 is 2.08 bits per heavy atom. The van der Waals surface area contributed by atoms with Crippen molar-refractivity contribution >= 4 is 17.4 Å². The van der Waals surface area contributed by atoms with Crippen LogP contribution in [0.15, 0.2) is 29.2 Å². The first-order valence-corrected chi connectivity index (χ1v) is 5.92. The van der Waals surface area contributed by atoms with Gasteiger partial charge in [0, 0.05) is 10.9 Å². The van der Waals surface area contributed by atoms with Crippen molar-refractivity contribution in [2.45, 2.75) is 30.2 Å². The first-order valence-electron chi connectivity index (χ1n) is 4.93. The normalized spacial score (nSPS) is 21.4. The van der Waals surface area contributed by atoms with Gasteiger partial charge in [-0.15, -0.1) is 11.8 Å². The molecular formula is C11H13NS. The third-order valence-electron chi connectivity index (χ3n) is 3.05. The lowest BCUT2D eigenvalue weighted by molar-refractivity contribution is 0.399. The molecule has 13 heavy (non-hydrogen) atoms. The summed E-state index contributed by atoms with van der Waals surface area (Å²) in [6.45, 7) is 0. The zero-order valence-electron chi connectivity index (χ0n) is 7.57. The third-order valence-corrected chi connectivity index (χ3v) is 4.11. The van der Waals surface area contributed by atoms with Gasteiger partial charge in [0.1, 0.15) is 0 Å². The molecule has 0 atom stereocenters. The molecule has 0 unspecified atom stereocenters. The van der Waals surface area contributed by atoms with E-state index in [1.54, 1.807) is 0 Å². The molecule has 1 saturated carbocycles. The highest BCUT2D eigenvalue weighted by Gasteiger charge is 2.29. The van der Waals surface area contributed by atoms with Crippen molar-refractivity contribution in [2.24, 2.45) is 0 Å². The standard InChI is InChI=1S/C11H13NS/c1-2-7-11-10(6-1)12(8-13-11)9-4-3-5-9/h1-2,6-7,9H,3-5,8H2. The van der Waals surface area contributed by atoms with E-state index in [1.165, 1.54) is 35.7 Å². The summed E-state index contributed by atoms with van der Waals surface area (Å²) in [6, 6.07) is 9.62. The summed E-state index contributed by atoms with van der Waals surface area (Å²) in [5.41, 5.74) is 1.47. The molecule has 2 heteroatoms. The van der Waals surface area contributed by atoms with E-state index < -0.39 is 0 Å². The van der Waals surface area contributed by atoms with Crippen LogP contribution in [0.2, 0.25) is 0 Å². The minimum Gasteiger partial charge on any atom is -0.358 e. The highest BCUT2D eigenvalue weighted by atomic mass is 32.2. The summed E-state index contributed by atoms with van der Waals surface area (Å²) >= 11 is 1.98. The Morgan fingerprint density at radius 3 is 2.85 bits per heavy atom. The molecule has 0 saturated heterocycles. The fraction of sp³-hybridized carbons (Fsp3) is 0.455. The molecule has 1 fully saturated rings.